The highest BCUT2D eigenvalue weighted by molar-refractivity contribution is 8.01. The van der Waals surface area contributed by atoms with E-state index in [0.29, 0.717) is 6.42 Å². The Labute approximate surface area is 113 Å². The number of rotatable bonds is 5. The van der Waals surface area contributed by atoms with Crippen molar-refractivity contribution in [3.05, 3.63) is 23.2 Å². The van der Waals surface area contributed by atoms with Crippen LogP contribution in [0.2, 0.25) is 5.02 Å². The number of carbonyl (C=O) groups excluding carboxylic acids is 1. The van der Waals surface area contributed by atoms with Gasteiger partial charge in [0, 0.05) is 17.2 Å². The number of aromatic nitrogens is 1. The third kappa shape index (κ3) is 3.69. The maximum absolute atomic E-state index is 10.8. The van der Waals surface area contributed by atoms with Crippen molar-refractivity contribution in [2.45, 2.75) is 24.1 Å². The van der Waals surface area contributed by atoms with Gasteiger partial charge in [0.2, 0.25) is 0 Å². The Morgan fingerprint density at radius 2 is 2.35 bits per heavy atom. The molecule has 0 aliphatic heterocycles. The summed E-state index contributed by atoms with van der Waals surface area (Å²) in [5.41, 5.74) is 0.955. The number of halogens is 1. The lowest BCUT2D eigenvalue weighted by Crippen LogP contribution is -1.90. The van der Waals surface area contributed by atoms with Crippen LogP contribution in [0.25, 0.3) is 10.2 Å². The molecule has 0 unspecified atom stereocenters. The van der Waals surface area contributed by atoms with Gasteiger partial charge in [-0.15, -0.1) is 11.3 Å². The Kier molecular flexibility index (Phi) is 4.42. The average molecular weight is 286 g/mol. The second-order valence-corrected chi connectivity index (χ2v) is 6.55. The molecule has 2 nitrogen and oxygen atoms in total. The Morgan fingerprint density at radius 1 is 1.53 bits per heavy atom. The number of thiazole rings is 1. The van der Waals surface area contributed by atoms with Gasteiger partial charge >= 0.3 is 0 Å². The summed E-state index contributed by atoms with van der Waals surface area (Å²) in [4.78, 5) is 15.3. The van der Waals surface area contributed by atoms with Crippen molar-refractivity contribution in [3.63, 3.8) is 0 Å². The van der Waals surface area contributed by atoms with Crippen molar-refractivity contribution >= 4 is 50.7 Å². The molecule has 0 saturated heterocycles. The Morgan fingerprint density at radius 3 is 3.12 bits per heavy atom. The molecule has 1 aromatic heterocycles. The molecule has 0 amide bonds. The number of thioether (sulfide) groups is 1. The second-order valence-electron chi connectivity index (χ2n) is 3.75. The van der Waals surface area contributed by atoms with Crippen LogP contribution in [0.15, 0.2) is 22.5 Å². The Hall–Kier alpha value is -0.580. The summed E-state index contributed by atoms with van der Waals surface area (Å²) < 4.78 is 2.20. The van der Waals surface area contributed by atoms with Crippen LogP contribution in [0.3, 0.4) is 0 Å². The first kappa shape index (κ1) is 12.9. The van der Waals surface area contributed by atoms with E-state index in [2.05, 4.69) is 4.98 Å². The Balaban J connectivity index is 1.97. The number of nitrogens with zero attached hydrogens (tertiary/aromatic N) is 1. The number of hydrogen-bond donors (Lipinski definition) is 0. The molecule has 0 radical (unpaired) electrons. The lowest BCUT2D eigenvalue weighted by Gasteiger charge is -1.94. The fraction of sp³-hybridized carbons (Fsp3) is 0.333. The monoisotopic (exact) mass is 285 g/mol. The summed E-state index contributed by atoms with van der Waals surface area (Å²) in [7, 11) is 0. The highest BCUT2D eigenvalue weighted by Gasteiger charge is 2.05. The zero-order valence-electron chi connectivity index (χ0n) is 9.40. The minimum Gasteiger partial charge on any atom is -0.300 e. The summed E-state index contributed by atoms with van der Waals surface area (Å²) in [5, 5.41) is 0.718. The highest BCUT2D eigenvalue weighted by Crippen LogP contribution is 2.31. The van der Waals surface area contributed by atoms with Crippen LogP contribution in [-0.2, 0) is 4.79 Å². The maximum Gasteiger partial charge on any atom is 0.151 e. The molecule has 0 bridgehead atoms. The molecule has 0 atom stereocenters. The largest absolute Gasteiger partial charge is 0.300 e. The highest BCUT2D eigenvalue weighted by atomic mass is 35.5. The molecule has 0 fully saturated rings. The minimum atomic E-state index is 0.252. The smallest absolute Gasteiger partial charge is 0.151 e. The van der Waals surface area contributed by atoms with Crippen molar-refractivity contribution in [1.82, 2.24) is 4.98 Å². The van der Waals surface area contributed by atoms with Gasteiger partial charge in [-0.3, -0.25) is 0 Å². The van der Waals surface area contributed by atoms with Crippen LogP contribution in [0.4, 0.5) is 0 Å². The maximum atomic E-state index is 10.8. The molecular weight excluding hydrogens is 274 g/mol. The summed E-state index contributed by atoms with van der Waals surface area (Å²) in [6.07, 6.45) is 1.57. The van der Waals surface area contributed by atoms with Crippen LogP contribution in [0.5, 0.6) is 0 Å². The third-order valence-corrected chi connectivity index (χ3v) is 4.73. The normalized spacial score (nSPS) is 10.9. The molecule has 0 aliphatic carbocycles. The summed E-state index contributed by atoms with van der Waals surface area (Å²) in [6, 6.07) is 5.76. The number of hydrogen-bond acceptors (Lipinski definition) is 4. The van der Waals surface area contributed by atoms with Crippen LogP contribution >= 0.6 is 34.7 Å². The average Bonchev–Trinajstić information content (AvgIpc) is 2.66. The minimum absolute atomic E-state index is 0.252. The summed E-state index contributed by atoms with van der Waals surface area (Å²) in [5.74, 6) is 1.19. The molecule has 1 heterocycles. The van der Waals surface area contributed by atoms with Crippen LogP contribution in [-0.4, -0.2) is 16.5 Å². The predicted octanol–water partition coefficient (Wildman–Crippen LogP) is 4.41. The topological polar surface area (TPSA) is 30.0 Å². The van der Waals surface area contributed by atoms with E-state index in [1.165, 1.54) is 0 Å². The van der Waals surface area contributed by atoms with Gasteiger partial charge in [0.15, 0.2) is 4.34 Å². The molecule has 17 heavy (non-hydrogen) atoms. The van der Waals surface area contributed by atoms with Gasteiger partial charge in [0.1, 0.15) is 5.78 Å². The van der Waals surface area contributed by atoms with E-state index in [4.69, 9.17) is 11.6 Å². The Bertz CT molecular complexity index is 538. The lowest BCUT2D eigenvalue weighted by atomic mass is 10.3. The molecule has 2 rings (SSSR count). The number of carbonyl (C=O) groups is 1. The number of benzene rings is 1. The van der Waals surface area contributed by atoms with E-state index in [1.54, 1.807) is 30.0 Å². The first-order valence-electron chi connectivity index (χ1n) is 5.33. The summed E-state index contributed by atoms with van der Waals surface area (Å²) >= 11 is 9.29. The SMILES string of the molecule is CC(=O)CCCSc1nc2cc(Cl)ccc2s1. The van der Waals surface area contributed by atoms with E-state index in [0.717, 1.165) is 31.8 Å². The first-order valence-corrected chi connectivity index (χ1v) is 7.51. The van der Waals surface area contributed by atoms with Crippen molar-refractivity contribution in [2.24, 2.45) is 0 Å². The lowest BCUT2D eigenvalue weighted by molar-refractivity contribution is -0.117. The van der Waals surface area contributed by atoms with Gasteiger partial charge in [-0.25, -0.2) is 4.98 Å². The van der Waals surface area contributed by atoms with E-state index in [1.807, 2.05) is 18.2 Å². The quantitative estimate of drug-likeness (QED) is 0.602. The van der Waals surface area contributed by atoms with Crippen molar-refractivity contribution in [1.29, 1.82) is 0 Å². The molecule has 2 aromatic rings. The third-order valence-electron chi connectivity index (χ3n) is 2.23. The standard InChI is InChI=1S/C12H12ClNOS2/c1-8(15)3-2-6-16-12-14-10-7-9(13)4-5-11(10)17-12/h4-5,7H,2-3,6H2,1H3. The van der Waals surface area contributed by atoms with Crippen LogP contribution in [0, 0.1) is 0 Å². The number of fused-ring (bicyclic) bond motifs is 1. The predicted molar refractivity (Wildman–Crippen MR) is 75.3 cm³/mol. The molecule has 0 aliphatic rings. The van der Waals surface area contributed by atoms with Gasteiger partial charge in [-0.05, 0) is 31.5 Å². The van der Waals surface area contributed by atoms with E-state index < -0.39 is 0 Å². The van der Waals surface area contributed by atoms with Crippen molar-refractivity contribution < 1.29 is 4.79 Å². The van der Waals surface area contributed by atoms with E-state index in [9.17, 15) is 4.79 Å². The van der Waals surface area contributed by atoms with E-state index in [-0.39, 0.29) is 5.78 Å². The van der Waals surface area contributed by atoms with Gasteiger partial charge in [-0.1, -0.05) is 23.4 Å². The molecular formula is C12H12ClNOS2. The summed E-state index contributed by atoms with van der Waals surface area (Å²) in [6.45, 7) is 1.63. The molecule has 1 aromatic carbocycles. The molecule has 0 spiro atoms. The van der Waals surface area contributed by atoms with Crippen molar-refractivity contribution in [3.8, 4) is 0 Å². The fourth-order valence-electron chi connectivity index (χ4n) is 1.42. The molecule has 90 valence electrons. The van der Waals surface area contributed by atoms with Crippen molar-refractivity contribution in [2.75, 3.05) is 5.75 Å². The van der Waals surface area contributed by atoms with Crippen LogP contribution < -0.4 is 0 Å². The van der Waals surface area contributed by atoms with Gasteiger partial charge < -0.3 is 4.79 Å². The van der Waals surface area contributed by atoms with Gasteiger partial charge in [0.25, 0.3) is 0 Å². The van der Waals surface area contributed by atoms with E-state index >= 15 is 0 Å². The van der Waals surface area contributed by atoms with Gasteiger partial charge in [0.05, 0.1) is 10.2 Å². The number of Topliss-reactive ketones (excluding diaryl/α,β-unsaturated/α-hetero) is 1. The van der Waals surface area contributed by atoms with Crippen LogP contribution in [0.1, 0.15) is 19.8 Å². The zero-order chi connectivity index (χ0) is 12.3. The second kappa shape index (κ2) is 5.85. The molecule has 0 saturated carbocycles. The zero-order valence-corrected chi connectivity index (χ0v) is 11.8. The first-order chi connectivity index (χ1) is 8.15. The fourth-order valence-corrected chi connectivity index (χ4v) is 3.65. The molecule has 0 N–H and O–H groups in total. The molecule has 5 heteroatoms. The number of ketones is 1. The van der Waals surface area contributed by atoms with Gasteiger partial charge in [-0.2, -0.15) is 0 Å².